The predicted octanol–water partition coefficient (Wildman–Crippen LogP) is 12.2. The van der Waals surface area contributed by atoms with E-state index in [2.05, 4.69) is 79.7 Å². The van der Waals surface area contributed by atoms with E-state index in [9.17, 15) is 0 Å². The summed E-state index contributed by atoms with van der Waals surface area (Å²) >= 11 is 0. The number of ether oxygens (including phenoxy) is 2. The second-order valence-corrected chi connectivity index (χ2v) is 14.1. The van der Waals surface area contributed by atoms with E-state index < -0.39 is 0 Å². The lowest BCUT2D eigenvalue weighted by Gasteiger charge is -2.42. The van der Waals surface area contributed by atoms with Gasteiger partial charge in [-0.2, -0.15) is 0 Å². The van der Waals surface area contributed by atoms with Gasteiger partial charge in [0.05, 0.1) is 0 Å². The fourth-order valence-corrected chi connectivity index (χ4v) is 7.64. The van der Waals surface area contributed by atoms with Crippen molar-refractivity contribution in [3.63, 3.8) is 0 Å². The molecule has 0 atom stereocenters. The van der Waals surface area contributed by atoms with Crippen molar-refractivity contribution >= 4 is 11.4 Å². The zero-order valence-electron chi connectivity index (χ0n) is 29.5. The molecule has 0 saturated heterocycles. The van der Waals surface area contributed by atoms with E-state index in [4.69, 9.17) is 20.9 Å². The van der Waals surface area contributed by atoms with Crippen LogP contribution in [0.4, 0.5) is 11.4 Å². The van der Waals surface area contributed by atoms with Crippen molar-refractivity contribution in [3.8, 4) is 23.0 Å². The van der Waals surface area contributed by atoms with E-state index in [0.717, 1.165) is 71.2 Å². The van der Waals surface area contributed by atoms with Crippen LogP contribution >= 0.6 is 0 Å². The van der Waals surface area contributed by atoms with Crippen LogP contribution in [-0.2, 0) is 11.8 Å². The molecule has 0 unspecified atom stereocenters. The van der Waals surface area contributed by atoms with Gasteiger partial charge in [0.25, 0.3) is 0 Å². The van der Waals surface area contributed by atoms with Gasteiger partial charge >= 0.3 is 0 Å². The summed E-state index contributed by atoms with van der Waals surface area (Å²) in [6.07, 6.45) is 12.2. The van der Waals surface area contributed by atoms with Gasteiger partial charge in [-0.15, -0.1) is 0 Å². The van der Waals surface area contributed by atoms with Gasteiger partial charge in [-0.3, -0.25) is 0 Å². The maximum atomic E-state index is 6.29. The molecule has 49 heavy (non-hydrogen) atoms. The minimum Gasteiger partial charge on any atom is -0.457 e. The number of aryl methyl sites for hydroxylation is 3. The molecular weight excluding hydrogens is 601 g/mol. The van der Waals surface area contributed by atoms with Gasteiger partial charge in [0.15, 0.2) is 0 Å². The fraction of sp³-hybridized carbons (Fsp3) is 0.333. The Bertz CT molecular complexity index is 1720. The van der Waals surface area contributed by atoms with Crippen LogP contribution in [0.15, 0.2) is 109 Å². The Morgan fingerprint density at radius 3 is 1.65 bits per heavy atom. The van der Waals surface area contributed by atoms with Gasteiger partial charge in [-0.05, 0) is 152 Å². The summed E-state index contributed by atoms with van der Waals surface area (Å²) < 4.78 is 12.6. The fourth-order valence-electron chi connectivity index (χ4n) is 7.64. The number of hydrogen-bond acceptors (Lipinski definition) is 4. The van der Waals surface area contributed by atoms with Crippen LogP contribution in [0.25, 0.3) is 0 Å². The SMILES string of the molecule is CCCCCCCc1cccc(C2CCC(c3ccc(Oc4ccc(N)cc4C)cc3)(c3ccc(Oc4ccc(N)cc4C)cc3)CC2)c1. The molecule has 5 aromatic rings. The largest absolute Gasteiger partial charge is 0.457 e. The molecule has 4 nitrogen and oxygen atoms in total. The van der Waals surface area contributed by atoms with E-state index in [0.29, 0.717) is 5.92 Å². The first-order valence-electron chi connectivity index (χ1n) is 18.2. The average Bonchev–Trinajstić information content (AvgIpc) is 3.11. The van der Waals surface area contributed by atoms with E-state index in [1.165, 1.54) is 60.8 Å². The van der Waals surface area contributed by atoms with Crippen LogP contribution in [-0.4, -0.2) is 0 Å². The molecule has 254 valence electrons. The molecule has 0 radical (unpaired) electrons. The van der Waals surface area contributed by atoms with E-state index in [1.807, 2.05) is 50.2 Å². The molecule has 6 rings (SSSR count). The van der Waals surface area contributed by atoms with Gasteiger partial charge in [0.1, 0.15) is 23.0 Å². The Hall–Kier alpha value is -4.70. The lowest BCUT2D eigenvalue weighted by atomic mass is 9.62. The molecule has 0 aromatic heterocycles. The number of nitrogens with two attached hydrogens (primary N) is 2. The van der Waals surface area contributed by atoms with Gasteiger partial charge in [0.2, 0.25) is 0 Å². The van der Waals surface area contributed by atoms with Crippen molar-refractivity contribution in [2.45, 2.75) is 96.3 Å². The number of nitrogen functional groups attached to an aromatic ring is 2. The monoisotopic (exact) mass is 652 g/mol. The predicted molar refractivity (Wildman–Crippen MR) is 205 cm³/mol. The normalized spacial score (nSPS) is 14.4. The molecule has 5 aromatic carbocycles. The topological polar surface area (TPSA) is 70.5 Å². The quantitative estimate of drug-likeness (QED) is 0.0981. The molecule has 1 saturated carbocycles. The molecule has 0 bridgehead atoms. The number of benzene rings is 5. The summed E-state index contributed by atoms with van der Waals surface area (Å²) in [5.74, 6) is 3.88. The lowest BCUT2D eigenvalue weighted by Crippen LogP contribution is -2.32. The molecule has 1 aliphatic carbocycles. The van der Waals surface area contributed by atoms with E-state index in [1.54, 1.807) is 0 Å². The Kier molecular flexibility index (Phi) is 10.9. The third kappa shape index (κ3) is 8.31. The summed E-state index contributed by atoms with van der Waals surface area (Å²) in [7, 11) is 0. The number of hydrogen-bond donors (Lipinski definition) is 2. The van der Waals surface area contributed by atoms with E-state index >= 15 is 0 Å². The van der Waals surface area contributed by atoms with Gasteiger partial charge in [0, 0.05) is 16.8 Å². The first-order chi connectivity index (χ1) is 23.8. The zero-order chi connectivity index (χ0) is 34.2. The first kappa shape index (κ1) is 34.2. The smallest absolute Gasteiger partial charge is 0.130 e. The standard InChI is InChI=1S/C45H52N2O2/c1-4-5-6-7-8-10-34-11-9-12-36(31-34)35-25-27-45(28-26-35,37-13-19-41(20-14-37)48-43-23-17-39(46)29-32(43)2)38-15-21-42(22-16-38)49-44-24-18-40(47)30-33(44)3/h9,11-24,29-31,35H,4-8,10,25-28,46-47H2,1-3H3. The third-order valence-electron chi connectivity index (χ3n) is 10.5. The summed E-state index contributed by atoms with van der Waals surface area (Å²) in [5.41, 5.74) is 21.0. The molecule has 0 aliphatic heterocycles. The third-order valence-corrected chi connectivity index (χ3v) is 10.5. The zero-order valence-corrected chi connectivity index (χ0v) is 29.5. The van der Waals surface area contributed by atoms with Gasteiger partial charge in [-0.1, -0.05) is 81.1 Å². The van der Waals surface area contributed by atoms with Crippen molar-refractivity contribution in [2.24, 2.45) is 0 Å². The van der Waals surface area contributed by atoms with Crippen molar-refractivity contribution in [1.29, 1.82) is 0 Å². The van der Waals surface area contributed by atoms with Crippen LogP contribution in [0.1, 0.15) is 104 Å². The van der Waals surface area contributed by atoms with Crippen LogP contribution in [0.3, 0.4) is 0 Å². The molecule has 4 N–H and O–H groups in total. The van der Waals surface area contributed by atoms with Crippen LogP contribution in [0.5, 0.6) is 23.0 Å². The highest BCUT2D eigenvalue weighted by Gasteiger charge is 2.39. The molecule has 4 heteroatoms. The number of anilines is 2. The van der Waals surface area contributed by atoms with Crippen LogP contribution in [0.2, 0.25) is 0 Å². The Morgan fingerprint density at radius 1 is 0.612 bits per heavy atom. The number of rotatable bonds is 13. The second-order valence-electron chi connectivity index (χ2n) is 14.1. The van der Waals surface area contributed by atoms with Crippen LogP contribution in [0, 0.1) is 13.8 Å². The van der Waals surface area contributed by atoms with E-state index in [-0.39, 0.29) is 5.41 Å². The van der Waals surface area contributed by atoms with Crippen molar-refractivity contribution < 1.29 is 9.47 Å². The van der Waals surface area contributed by atoms with Crippen LogP contribution < -0.4 is 20.9 Å². The summed E-state index contributed by atoms with van der Waals surface area (Å²) in [5, 5.41) is 0. The van der Waals surface area contributed by atoms with Gasteiger partial charge in [-0.25, -0.2) is 0 Å². The molecule has 0 amide bonds. The maximum absolute atomic E-state index is 6.29. The second kappa shape index (κ2) is 15.7. The Morgan fingerprint density at radius 2 is 1.14 bits per heavy atom. The molecule has 1 fully saturated rings. The molecule has 0 spiro atoms. The molecular formula is C45H52N2O2. The highest BCUT2D eigenvalue weighted by molar-refractivity contribution is 5.51. The minimum atomic E-state index is -0.0985. The summed E-state index contributed by atoms with van der Waals surface area (Å²) in [4.78, 5) is 0. The first-order valence-corrected chi connectivity index (χ1v) is 18.2. The van der Waals surface area contributed by atoms with Gasteiger partial charge < -0.3 is 20.9 Å². The van der Waals surface area contributed by atoms with Crippen molar-refractivity contribution in [3.05, 3.63) is 143 Å². The van der Waals surface area contributed by atoms with Crippen molar-refractivity contribution in [2.75, 3.05) is 11.5 Å². The molecule has 1 aliphatic rings. The highest BCUT2D eigenvalue weighted by atomic mass is 16.5. The Balaban J connectivity index is 1.23. The van der Waals surface area contributed by atoms with Crippen molar-refractivity contribution in [1.82, 2.24) is 0 Å². The minimum absolute atomic E-state index is 0.0985. The Labute approximate surface area is 293 Å². The molecule has 0 heterocycles. The summed E-state index contributed by atoms with van der Waals surface area (Å²) in [6, 6.07) is 38.5. The number of unbranched alkanes of at least 4 members (excludes halogenated alkanes) is 4. The maximum Gasteiger partial charge on any atom is 0.130 e. The highest BCUT2D eigenvalue weighted by Crippen LogP contribution is 2.50. The average molecular weight is 653 g/mol. The summed E-state index contributed by atoms with van der Waals surface area (Å²) in [6.45, 7) is 6.33. The lowest BCUT2D eigenvalue weighted by molar-refractivity contribution is 0.314.